The smallest absolute Gasteiger partial charge is 0.327 e. The zero-order valence-corrected chi connectivity index (χ0v) is 13.5. The van der Waals surface area contributed by atoms with Gasteiger partial charge in [0.1, 0.15) is 12.3 Å². The second-order valence-corrected chi connectivity index (χ2v) is 5.46. The highest BCUT2D eigenvalue weighted by Crippen LogP contribution is 2.18. The average Bonchev–Trinajstić information content (AvgIpc) is 2.78. The Morgan fingerprint density at radius 1 is 1.41 bits per heavy atom. The fourth-order valence-corrected chi connectivity index (χ4v) is 2.35. The molecule has 0 aliphatic carbocycles. The van der Waals surface area contributed by atoms with Crippen LogP contribution < -0.4 is 0 Å². The minimum atomic E-state index is -4.21. The standard InChI is InChI=1S/C11H13N3O5S.C2H6/c1-2-19-10(15)6-14-11-8(4-3-5-12-11)9(13-14)7-20(16,17)18;1-2/h3-5H,2,6-7H2,1H3,(H,16,17,18);1-2H3. The van der Waals surface area contributed by atoms with E-state index in [1.807, 2.05) is 13.8 Å². The normalized spacial score (nSPS) is 10.9. The van der Waals surface area contributed by atoms with E-state index in [0.29, 0.717) is 11.0 Å². The molecule has 0 spiro atoms. The number of aromatic nitrogens is 3. The molecule has 0 saturated carbocycles. The van der Waals surface area contributed by atoms with E-state index in [0.717, 1.165) is 0 Å². The summed E-state index contributed by atoms with van der Waals surface area (Å²) >= 11 is 0. The summed E-state index contributed by atoms with van der Waals surface area (Å²) in [5.41, 5.74) is 0.499. The van der Waals surface area contributed by atoms with E-state index in [4.69, 9.17) is 9.29 Å². The van der Waals surface area contributed by atoms with Crippen molar-refractivity contribution >= 4 is 27.1 Å². The molecule has 8 nitrogen and oxygen atoms in total. The maximum atomic E-state index is 11.5. The lowest BCUT2D eigenvalue weighted by molar-refractivity contribution is -0.143. The largest absolute Gasteiger partial charge is 0.465 e. The molecule has 2 aromatic rings. The first-order chi connectivity index (χ1) is 10.4. The van der Waals surface area contributed by atoms with Crippen molar-refractivity contribution in [3.8, 4) is 0 Å². The van der Waals surface area contributed by atoms with Crippen LogP contribution in [0.25, 0.3) is 11.0 Å². The molecule has 0 fully saturated rings. The predicted octanol–water partition coefficient (Wildman–Crippen LogP) is 1.41. The van der Waals surface area contributed by atoms with Crippen molar-refractivity contribution in [2.45, 2.75) is 33.1 Å². The Hall–Kier alpha value is -2.00. The summed E-state index contributed by atoms with van der Waals surface area (Å²) in [6, 6.07) is 3.24. The lowest BCUT2D eigenvalue weighted by Crippen LogP contribution is -2.15. The molecular weight excluding hydrogens is 310 g/mol. The van der Waals surface area contributed by atoms with Gasteiger partial charge >= 0.3 is 5.97 Å². The van der Waals surface area contributed by atoms with Gasteiger partial charge in [0.2, 0.25) is 0 Å². The molecule has 9 heteroatoms. The van der Waals surface area contributed by atoms with E-state index in [2.05, 4.69) is 10.1 Å². The molecule has 1 N–H and O–H groups in total. The van der Waals surface area contributed by atoms with Gasteiger partial charge in [-0.3, -0.25) is 9.35 Å². The first-order valence-corrected chi connectivity index (χ1v) is 8.43. The van der Waals surface area contributed by atoms with Crippen LogP contribution in [0.2, 0.25) is 0 Å². The second kappa shape index (κ2) is 7.85. The Kier molecular flexibility index (Phi) is 6.44. The van der Waals surface area contributed by atoms with Crippen LogP contribution in [-0.2, 0) is 31.9 Å². The number of esters is 1. The SMILES string of the molecule is CC.CCOC(=O)Cn1nc(CS(=O)(=O)O)c2cccnc21. The Balaban J connectivity index is 0.00000116. The third-order valence-electron chi connectivity index (χ3n) is 2.49. The molecule has 122 valence electrons. The number of carbonyl (C=O) groups excluding carboxylic acids is 1. The third-order valence-corrected chi connectivity index (χ3v) is 3.13. The van der Waals surface area contributed by atoms with Crippen LogP contribution >= 0.6 is 0 Å². The monoisotopic (exact) mass is 329 g/mol. The Morgan fingerprint density at radius 3 is 2.68 bits per heavy atom. The van der Waals surface area contributed by atoms with E-state index in [1.54, 1.807) is 19.1 Å². The van der Waals surface area contributed by atoms with Gasteiger partial charge in [-0.15, -0.1) is 0 Å². The van der Waals surface area contributed by atoms with Crippen molar-refractivity contribution in [3.63, 3.8) is 0 Å². The molecule has 22 heavy (non-hydrogen) atoms. The van der Waals surface area contributed by atoms with E-state index in [-0.39, 0.29) is 18.8 Å². The molecule has 0 aliphatic heterocycles. The molecule has 0 amide bonds. The topological polar surface area (TPSA) is 111 Å². The van der Waals surface area contributed by atoms with Gasteiger partial charge in [0.25, 0.3) is 10.1 Å². The van der Waals surface area contributed by atoms with Crippen molar-refractivity contribution in [3.05, 3.63) is 24.0 Å². The first kappa shape index (κ1) is 18.1. The first-order valence-electron chi connectivity index (χ1n) is 6.82. The van der Waals surface area contributed by atoms with E-state index in [9.17, 15) is 13.2 Å². The van der Waals surface area contributed by atoms with Gasteiger partial charge in [-0.05, 0) is 19.1 Å². The molecule has 2 aromatic heterocycles. The summed E-state index contributed by atoms with van der Waals surface area (Å²) in [6.07, 6.45) is 1.50. The molecular formula is C13H19N3O5S. The predicted molar refractivity (Wildman–Crippen MR) is 80.8 cm³/mol. The number of fused-ring (bicyclic) bond motifs is 1. The van der Waals surface area contributed by atoms with Crippen LogP contribution in [0.1, 0.15) is 26.5 Å². The Morgan fingerprint density at radius 2 is 2.09 bits per heavy atom. The van der Waals surface area contributed by atoms with Crippen molar-refractivity contribution in [1.82, 2.24) is 14.8 Å². The van der Waals surface area contributed by atoms with Crippen molar-refractivity contribution < 1.29 is 22.5 Å². The van der Waals surface area contributed by atoms with Crippen molar-refractivity contribution in [2.24, 2.45) is 0 Å². The molecule has 0 aromatic carbocycles. The fourth-order valence-electron chi connectivity index (χ4n) is 1.79. The van der Waals surface area contributed by atoms with Gasteiger partial charge in [-0.2, -0.15) is 13.5 Å². The highest BCUT2D eigenvalue weighted by Gasteiger charge is 2.18. The molecule has 0 unspecified atom stereocenters. The van der Waals surface area contributed by atoms with Crippen molar-refractivity contribution in [1.29, 1.82) is 0 Å². The fraction of sp³-hybridized carbons (Fsp3) is 0.462. The van der Waals surface area contributed by atoms with Crippen LogP contribution in [0, 0.1) is 0 Å². The number of nitrogens with zero attached hydrogens (tertiary/aromatic N) is 3. The zero-order valence-electron chi connectivity index (χ0n) is 12.7. The van der Waals surface area contributed by atoms with Crippen LogP contribution in [0.5, 0.6) is 0 Å². The summed E-state index contributed by atoms with van der Waals surface area (Å²) in [7, 11) is -4.21. The molecule has 0 bridgehead atoms. The Bertz CT molecular complexity index is 739. The number of hydrogen-bond acceptors (Lipinski definition) is 6. The number of pyridine rings is 1. The zero-order chi connectivity index (χ0) is 16.8. The van der Waals surface area contributed by atoms with Gasteiger partial charge in [0.15, 0.2) is 5.65 Å². The van der Waals surface area contributed by atoms with Crippen LogP contribution in [0.4, 0.5) is 0 Å². The van der Waals surface area contributed by atoms with E-state index < -0.39 is 21.8 Å². The molecule has 2 heterocycles. The maximum absolute atomic E-state index is 11.5. The number of carbonyl (C=O) groups is 1. The third kappa shape index (κ3) is 4.78. The summed E-state index contributed by atoms with van der Waals surface area (Å²) in [5.74, 6) is -1.13. The van der Waals surface area contributed by atoms with Gasteiger partial charge < -0.3 is 4.74 Å². The summed E-state index contributed by atoms with van der Waals surface area (Å²) in [6.45, 7) is 5.75. The Labute approximate surface area is 128 Å². The quantitative estimate of drug-likeness (QED) is 0.652. The van der Waals surface area contributed by atoms with E-state index >= 15 is 0 Å². The summed E-state index contributed by atoms with van der Waals surface area (Å²) in [4.78, 5) is 15.5. The molecule has 0 saturated heterocycles. The van der Waals surface area contributed by atoms with Crippen LogP contribution in [0.15, 0.2) is 18.3 Å². The van der Waals surface area contributed by atoms with Crippen LogP contribution in [-0.4, -0.2) is 40.3 Å². The second-order valence-electron chi connectivity index (χ2n) is 4.01. The maximum Gasteiger partial charge on any atom is 0.327 e. The number of rotatable bonds is 5. The molecule has 0 atom stereocenters. The van der Waals surface area contributed by atoms with Gasteiger partial charge in [0.05, 0.1) is 12.3 Å². The molecule has 0 radical (unpaired) electrons. The van der Waals surface area contributed by atoms with Gasteiger partial charge in [-0.25, -0.2) is 9.67 Å². The van der Waals surface area contributed by atoms with Crippen LogP contribution in [0.3, 0.4) is 0 Å². The highest BCUT2D eigenvalue weighted by atomic mass is 32.2. The highest BCUT2D eigenvalue weighted by molar-refractivity contribution is 7.85. The summed E-state index contributed by atoms with van der Waals surface area (Å²) in [5, 5.41) is 4.48. The summed E-state index contributed by atoms with van der Waals surface area (Å²) < 4.78 is 36.9. The average molecular weight is 329 g/mol. The molecule has 2 rings (SSSR count). The lowest BCUT2D eigenvalue weighted by atomic mass is 10.3. The lowest BCUT2D eigenvalue weighted by Gasteiger charge is -2.02. The van der Waals surface area contributed by atoms with Gasteiger partial charge in [0, 0.05) is 11.6 Å². The number of hydrogen-bond donors (Lipinski definition) is 1. The minimum Gasteiger partial charge on any atom is -0.465 e. The molecule has 0 aliphatic rings. The van der Waals surface area contributed by atoms with Crippen molar-refractivity contribution in [2.75, 3.05) is 6.61 Å². The van der Waals surface area contributed by atoms with E-state index in [1.165, 1.54) is 10.9 Å². The minimum absolute atomic E-state index is 0.139. The van der Waals surface area contributed by atoms with Gasteiger partial charge in [-0.1, -0.05) is 13.8 Å². The number of ether oxygens (including phenoxy) is 1.